The molecule has 0 spiro atoms. The monoisotopic (exact) mass is 180 g/mol. The molecule has 68 valence electrons. The highest BCUT2D eigenvalue weighted by Gasteiger charge is 2.19. The first kappa shape index (κ1) is 9.38. The average Bonchev–Trinajstić information content (AvgIpc) is 2.53. The van der Waals surface area contributed by atoms with E-state index in [0.717, 1.165) is 0 Å². The molecule has 0 unspecified atom stereocenters. The first-order valence-corrected chi connectivity index (χ1v) is 3.71. The Morgan fingerprint density at radius 1 is 1.38 bits per heavy atom. The highest BCUT2D eigenvalue weighted by molar-refractivity contribution is 6.45. The van der Waals surface area contributed by atoms with E-state index in [9.17, 15) is 14.4 Å². The minimum absolute atomic E-state index is 0.0220. The molecule has 0 bridgehead atoms. The zero-order chi connectivity index (χ0) is 9.84. The number of carbonyl (C=O) groups is 3. The Bertz CT molecular complexity index is 335. The summed E-state index contributed by atoms with van der Waals surface area (Å²) >= 11 is 0. The van der Waals surface area contributed by atoms with Gasteiger partial charge in [0.25, 0.3) is 5.78 Å². The van der Waals surface area contributed by atoms with Crippen LogP contribution in [-0.2, 0) is 9.59 Å². The van der Waals surface area contributed by atoms with Crippen molar-refractivity contribution in [1.82, 2.24) is 0 Å². The summed E-state index contributed by atoms with van der Waals surface area (Å²) in [7, 11) is 0. The van der Waals surface area contributed by atoms with Crippen LogP contribution >= 0.6 is 0 Å². The Kier molecular flexibility index (Phi) is 2.74. The van der Waals surface area contributed by atoms with E-state index in [0.29, 0.717) is 0 Å². The van der Waals surface area contributed by atoms with Gasteiger partial charge >= 0.3 is 0 Å². The molecule has 0 aliphatic rings. The molecule has 0 aromatic carbocycles. The van der Waals surface area contributed by atoms with Gasteiger partial charge in [-0.15, -0.1) is 0 Å². The van der Waals surface area contributed by atoms with Gasteiger partial charge in [-0.3, -0.25) is 14.4 Å². The Labute approximate surface area is 74.5 Å². The van der Waals surface area contributed by atoms with Crippen LogP contribution in [-0.4, -0.2) is 17.3 Å². The molecule has 1 rings (SSSR count). The summed E-state index contributed by atoms with van der Waals surface area (Å²) in [6.07, 6.45) is 0.938. The van der Waals surface area contributed by atoms with Crippen LogP contribution in [0.4, 0.5) is 0 Å². The van der Waals surface area contributed by atoms with Gasteiger partial charge in [-0.1, -0.05) is 0 Å². The van der Waals surface area contributed by atoms with E-state index in [1.54, 1.807) is 0 Å². The zero-order valence-electron chi connectivity index (χ0n) is 7.07. The summed E-state index contributed by atoms with van der Waals surface area (Å²) < 4.78 is 4.72. The molecule has 4 nitrogen and oxygen atoms in total. The van der Waals surface area contributed by atoms with Crippen LogP contribution in [0.2, 0.25) is 0 Å². The molecule has 4 heteroatoms. The molecular weight excluding hydrogens is 172 g/mol. The summed E-state index contributed by atoms with van der Waals surface area (Å²) in [6, 6.07) is 2.90. The van der Waals surface area contributed by atoms with Gasteiger partial charge < -0.3 is 4.42 Å². The summed E-state index contributed by atoms with van der Waals surface area (Å²) in [5, 5.41) is 0. The summed E-state index contributed by atoms with van der Waals surface area (Å²) in [5.41, 5.74) is 0. The van der Waals surface area contributed by atoms with Crippen LogP contribution < -0.4 is 0 Å². The summed E-state index contributed by atoms with van der Waals surface area (Å²) in [4.78, 5) is 32.7. The van der Waals surface area contributed by atoms with Gasteiger partial charge in [0.1, 0.15) is 5.78 Å². The maximum atomic E-state index is 11.1. The standard InChI is InChI=1S/C9H8O4/c1-6(10)5-7(11)9(12)8-3-2-4-13-8/h2-4H,5H2,1H3. The third kappa shape index (κ3) is 2.37. The van der Waals surface area contributed by atoms with Crippen molar-refractivity contribution in [3.8, 4) is 0 Å². The highest BCUT2D eigenvalue weighted by Crippen LogP contribution is 2.03. The van der Waals surface area contributed by atoms with E-state index < -0.39 is 11.6 Å². The molecule has 0 saturated carbocycles. The van der Waals surface area contributed by atoms with E-state index in [4.69, 9.17) is 4.42 Å². The fourth-order valence-electron chi connectivity index (χ4n) is 0.852. The predicted molar refractivity (Wildman–Crippen MR) is 43.3 cm³/mol. The van der Waals surface area contributed by atoms with Crippen LogP contribution in [0.25, 0.3) is 0 Å². The lowest BCUT2D eigenvalue weighted by Gasteiger charge is -1.92. The van der Waals surface area contributed by atoms with Crippen molar-refractivity contribution in [2.45, 2.75) is 13.3 Å². The number of rotatable bonds is 4. The molecule has 0 N–H and O–H groups in total. The van der Waals surface area contributed by atoms with Gasteiger partial charge in [0.2, 0.25) is 5.78 Å². The molecule has 1 heterocycles. The molecule has 1 aromatic heterocycles. The molecule has 0 radical (unpaired) electrons. The van der Waals surface area contributed by atoms with Crippen molar-refractivity contribution >= 4 is 17.3 Å². The lowest BCUT2D eigenvalue weighted by molar-refractivity contribution is -0.123. The van der Waals surface area contributed by atoms with Gasteiger partial charge in [-0.05, 0) is 19.1 Å². The van der Waals surface area contributed by atoms with E-state index in [1.807, 2.05) is 0 Å². The van der Waals surface area contributed by atoms with E-state index >= 15 is 0 Å². The fourth-order valence-corrected chi connectivity index (χ4v) is 0.852. The quantitative estimate of drug-likeness (QED) is 0.394. The smallest absolute Gasteiger partial charge is 0.264 e. The zero-order valence-corrected chi connectivity index (χ0v) is 7.07. The summed E-state index contributed by atoms with van der Waals surface area (Å²) in [6.45, 7) is 1.26. The van der Waals surface area contributed by atoms with Gasteiger partial charge in [0.05, 0.1) is 12.7 Å². The van der Waals surface area contributed by atoms with E-state index in [-0.39, 0.29) is 18.0 Å². The molecule has 0 saturated heterocycles. The van der Waals surface area contributed by atoms with Crippen LogP contribution in [0.5, 0.6) is 0 Å². The number of hydrogen-bond donors (Lipinski definition) is 0. The second kappa shape index (κ2) is 3.80. The normalized spacial score (nSPS) is 9.62. The number of Topliss-reactive ketones (excluding diaryl/α,β-unsaturated/α-hetero) is 3. The topological polar surface area (TPSA) is 64.3 Å². The van der Waals surface area contributed by atoms with Gasteiger partial charge in [-0.25, -0.2) is 0 Å². The Balaban J connectivity index is 2.69. The van der Waals surface area contributed by atoms with Crippen LogP contribution in [0.1, 0.15) is 23.9 Å². The third-order valence-electron chi connectivity index (χ3n) is 1.41. The maximum Gasteiger partial charge on any atom is 0.264 e. The van der Waals surface area contributed by atoms with Crippen molar-refractivity contribution < 1.29 is 18.8 Å². The van der Waals surface area contributed by atoms with Crippen molar-refractivity contribution in [1.29, 1.82) is 0 Å². The van der Waals surface area contributed by atoms with Gasteiger partial charge in [0, 0.05) is 0 Å². The summed E-state index contributed by atoms with van der Waals surface area (Å²) in [5.74, 6) is -1.83. The van der Waals surface area contributed by atoms with E-state index in [1.165, 1.54) is 25.3 Å². The maximum absolute atomic E-state index is 11.1. The molecule has 0 atom stereocenters. The van der Waals surface area contributed by atoms with Gasteiger partial charge in [0.15, 0.2) is 5.76 Å². The second-order valence-electron chi connectivity index (χ2n) is 2.61. The Morgan fingerprint density at radius 3 is 2.54 bits per heavy atom. The molecule has 1 aromatic rings. The highest BCUT2D eigenvalue weighted by atomic mass is 16.3. The minimum atomic E-state index is -0.750. The van der Waals surface area contributed by atoms with Crippen LogP contribution in [0.3, 0.4) is 0 Å². The van der Waals surface area contributed by atoms with Crippen molar-refractivity contribution in [3.63, 3.8) is 0 Å². The predicted octanol–water partition coefficient (Wildman–Crippen LogP) is 1.01. The number of ketones is 3. The minimum Gasteiger partial charge on any atom is -0.461 e. The SMILES string of the molecule is CC(=O)CC(=O)C(=O)c1ccco1. The molecule has 0 amide bonds. The van der Waals surface area contributed by atoms with Crippen molar-refractivity contribution in [2.75, 3.05) is 0 Å². The molecule has 0 aliphatic carbocycles. The van der Waals surface area contributed by atoms with Crippen molar-refractivity contribution in [3.05, 3.63) is 24.2 Å². The first-order valence-electron chi connectivity index (χ1n) is 3.71. The lowest BCUT2D eigenvalue weighted by Crippen LogP contribution is -2.16. The van der Waals surface area contributed by atoms with Crippen LogP contribution in [0.15, 0.2) is 22.8 Å². The Morgan fingerprint density at radius 2 is 2.08 bits per heavy atom. The number of carbonyl (C=O) groups excluding carboxylic acids is 3. The molecular formula is C9H8O4. The van der Waals surface area contributed by atoms with Crippen molar-refractivity contribution in [2.24, 2.45) is 0 Å². The Hall–Kier alpha value is -1.71. The fraction of sp³-hybridized carbons (Fsp3) is 0.222. The second-order valence-corrected chi connectivity index (χ2v) is 2.61. The number of furan rings is 1. The lowest BCUT2D eigenvalue weighted by atomic mass is 10.1. The van der Waals surface area contributed by atoms with E-state index in [2.05, 4.69) is 0 Å². The first-order chi connectivity index (χ1) is 6.11. The largest absolute Gasteiger partial charge is 0.461 e. The van der Waals surface area contributed by atoms with Crippen LogP contribution in [0, 0.1) is 0 Å². The molecule has 0 fully saturated rings. The number of hydrogen-bond acceptors (Lipinski definition) is 4. The molecule has 13 heavy (non-hydrogen) atoms. The third-order valence-corrected chi connectivity index (χ3v) is 1.41. The molecule has 0 aliphatic heterocycles. The average molecular weight is 180 g/mol. The van der Waals surface area contributed by atoms with Gasteiger partial charge in [-0.2, -0.15) is 0 Å².